The third kappa shape index (κ3) is 5.22. The van der Waals surface area contributed by atoms with E-state index in [1.807, 2.05) is 5.43 Å². The van der Waals surface area contributed by atoms with Gasteiger partial charge in [-0.2, -0.15) is 0 Å². The molecule has 0 aliphatic carbocycles. The number of carbonyl (C=O) groups is 1. The highest BCUT2D eigenvalue weighted by atomic mass is 16.7. The number of rotatable bonds is 4. The lowest BCUT2D eigenvalue weighted by molar-refractivity contribution is -0.130. The fourth-order valence-electron chi connectivity index (χ4n) is 0.259. The first-order valence-electron chi connectivity index (χ1n) is 2.37. The summed E-state index contributed by atoms with van der Waals surface area (Å²) in [6.07, 6.45) is 0. The number of hydrogen-bond acceptors (Lipinski definition) is 4. The van der Waals surface area contributed by atoms with Gasteiger partial charge < -0.3 is 9.47 Å². The summed E-state index contributed by atoms with van der Waals surface area (Å²) in [5.41, 5.74) is 1.90. The zero-order valence-electron chi connectivity index (χ0n) is 5.22. The second kappa shape index (κ2) is 5.49. The normalized spacial score (nSPS) is 9.11. The first-order chi connectivity index (χ1) is 4.31. The van der Waals surface area contributed by atoms with Crippen molar-refractivity contribution in [3.63, 3.8) is 0 Å². The summed E-state index contributed by atoms with van der Waals surface area (Å²) in [5, 5.41) is 0. The SMILES string of the molecule is COCOCC(=O)NN. The van der Waals surface area contributed by atoms with E-state index in [-0.39, 0.29) is 19.3 Å². The Labute approximate surface area is 53.1 Å². The zero-order chi connectivity index (χ0) is 7.11. The van der Waals surface area contributed by atoms with Crippen molar-refractivity contribution in [1.82, 2.24) is 5.43 Å². The standard InChI is InChI=1S/C4H10N2O3/c1-8-3-9-2-4(7)6-5/h2-3,5H2,1H3,(H,6,7). The summed E-state index contributed by atoms with van der Waals surface area (Å²) in [5.74, 6) is 4.37. The van der Waals surface area contributed by atoms with Gasteiger partial charge in [0.25, 0.3) is 5.91 Å². The van der Waals surface area contributed by atoms with Gasteiger partial charge in [-0.1, -0.05) is 0 Å². The van der Waals surface area contributed by atoms with Crippen molar-refractivity contribution in [2.75, 3.05) is 20.5 Å². The highest BCUT2D eigenvalue weighted by molar-refractivity contribution is 5.76. The Morgan fingerprint density at radius 2 is 2.44 bits per heavy atom. The molecule has 5 heteroatoms. The van der Waals surface area contributed by atoms with E-state index in [0.717, 1.165) is 0 Å². The molecule has 0 heterocycles. The van der Waals surface area contributed by atoms with Gasteiger partial charge in [0.2, 0.25) is 0 Å². The first kappa shape index (κ1) is 8.35. The van der Waals surface area contributed by atoms with Gasteiger partial charge in [0, 0.05) is 7.11 Å². The van der Waals surface area contributed by atoms with Gasteiger partial charge in [-0.25, -0.2) is 5.84 Å². The molecule has 0 aliphatic rings. The first-order valence-corrected chi connectivity index (χ1v) is 2.37. The third-order valence-corrected chi connectivity index (χ3v) is 0.595. The van der Waals surface area contributed by atoms with Crippen LogP contribution in [-0.4, -0.2) is 26.4 Å². The van der Waals surface area contributed by atoms with Crippen molar-refractivity contribution >= 4 is 5.91 Å². The van der Waals surface area contributed by atoms with Crippen LogP contribution in [0.1, 0.15) is 0 Å². The summed E-state index contributed by atoms with van der Waals surface area (Å²) in [7, 11) is 1.47. The molecule has 0 aromatic heterocycles. The van der Waals surface area contributed by atoms with Crippen LogP contribution in [0.3, 0.4) is 0 Å². The molecule has 9 heavy (non-hydrogen) atoms. The molecule has 1 amide bonds. The van der Waals surface area contributed by atoms with Gasteiger partial charge in [0.1, 0.15) is 13.4 Å². The van der Waals surface area contributed by atoms with Crippen LogP contribution in [0.15, 0.2) is 0 Å². The molecular weight excluding hydrogens is 124 g/mol. The van der Waals surface area contributed by atoms with E-state index >= 15 is 0 Å². The minimum absolute atomic E-state index is 0.0651. The summed E-state index contributed by atoms with van der Waals surface area (Å²) in [4.78, 5) is 10.3. The minimum atomic E-state index is -0.368. The predicted molar refractivity (Wildman–Crippen MR) is 30.2 cm³/mol. The van der Waals surface area contributed by atoms with Crippen LogP contribution >= 0.6 is 0 Å². The van der Waals surface area contributed by atoms with E-state index in [1.54, 1.807) is 0 Å². The van der Waals surface area contributed by atoms with Crippen molar-refractivity contribution in [2.24, 2.45) is 5.84 Å². The van der Waals surface area contributed by atoms with Gasteiger partial charge >= 0.3 is 0 Å². The number of nitrogens with one attached hydrogen (secondary N) is 1. The Morgan fingerprint density at radius 1 is 1.78 bits per heavy atom. The van der Waals surface area contributed by atoms with E-state index < -0.39 is 0 Å². The molecule has 5 nitrogen and oxygen atoms in total. The highest BCUT2D eigenvalue weighted by Crippen LogP contribution is 1.72. The smallest absolute Gasteiger partial charge is 0.259 e. The molecule has 0 radical (unpaired) electrons. The Morgan fingerprint density at radius 3 is 2.89 bits per heavy atom. The third-order valence-electron chi connectivity index (χ3n) is 0.595. The number of nitrogens with two attached hydrogens (primary N) is 1. The lowest BCUT2D eigenvalue weighted by Gasteiger charge is -1.99. The Kier molecular flexibility index (Phi) is 5.09. The molecule has 0 rings (SSSR count). The number of hydrazine groups is 1. The molecule has 0 saturated carbocycles. The zero-order valence-corrected chi connectivity index (χ0v) is 5.22. The second-order valence-electron chi connectivity index (χ2n) is 1.32. The van der Waals surface area contributed by atoms with Crippen molar-refractivity contribution in [3.8, 4) is 0 Å². The largest absolute Gasteiger partial charge is 0.359 e. The number of hydrogen-bond donors (Lipinski definition) is 2. The summed E-state index contributed by atoms with van der Waals surface area (Å²) in [6, 6.07) is 0. The maximum atomic E-state index is 10.3. The molecule has 0 bridgehead atoms. The quantitative estimate of drug-likeness (QED) is 0.163. The molecule has 0 spiro atoms. The molecule has 3 N–H and O–H groups in total. The van der Waals surface area contributed by atoms with Crippen molar-refractivity contribution in [2.45, 2.75) is 0 Å². The number of methoxy groups -OCH3 is 1. The average molecular weight is 134 g/mol. The van der Waals surface area contributed by atoms with Gasteiger partial charge in [0.05, 0.1) is 0 Å². The molecule has 0 saturated heterocycles. The van der Waals surface area contributed by atoms with Crippen molar-refractivity contribution in [1.29, 1.82) is 0 Å². The number of carbonyl (C=O) groups excluding carboxylic acids is 1. The lowest BCUT2D eigenvalue weighted by Crippen LogP contribution is -2.33. The van der Waals surface area contributed by atoms with E-state index in [1.165, 1.54) is 7.11 Å². The van der Waals surface area contributed by atoms with Crippen molar-refractivity contribution in [3.05, 3.63) is 0 Å². The fourth-order valence-corrected chi connectivity index (χ4v) is 0.259. The number of ether oxygens (including phenoxy) is 2. The van der Waals surface area contributed by atoms with Crippen LogP contribution in [-0.2, 0) is 14.3 Å². The molecule has 0 aromatic carbocycles. The molecule has 54 valence electrons. The van der Waals surface area contributed by atoms with Gasteiger partial charge in [-0.15, -0.1) is 0 Å². The lowest BCUT2D eigenvalue weighted by atomic mass is 10.7. The van der Waals surface area contributed by atoms with E-state index in [4.69, 9.17) is 5.84 Å². The molecule has 0 aromatic rings. The van der Waals surface area contributed by atoms with E-state index in [9.17, 15) is 4.79 Å². The Bertz CT molecular complexity index is 85.9. The van der Waals surface area contributed by atoms with Crippen LogP contribution in [0.5, 0.6) is 0 Å². The Balaban J connectivity index is 2.97. The van der Waals surface area contributed by atoms with Crippen LogP contribution in [0.2, 0.25) is 0 Å². The number of amides is 1. The van der Waals surface area contributed by atoms with E-state index in [0.29, 0.717) is 0 Å². The predicted octanol–water partition coefficient (Wildman–Crippen LogP) is -1.40. The van der Waals surface area contributed by atoms with Gasteiger partial charge in [-0.3, -0.25) is 10.2 Å². The van der Waals surface area contributed by atoms with Crippen molar-refractivity contribution < 1.29 is 14.3 Å². The van der Waals surface area contributed by atoms with Gasteiger partial charge in [0.15, 0.2) is 0 Å². The second-order valence-corrected chi connectivity index (χ2v) is 1.32. The average Bonchev–Trinajstić information content (AvgIpc) is 1.89. The molecule has 0 aliphatic heterocycles. The topological polar surface area (TPSA) is 73.6 Å². The highest BCUT2D eigenvalue weighted by Gasteiger charge is 1.94. The summed E-state index contributed by atoms with van der Waals surface area (Å²) < 4.78 is 9.11. The van der Waals surface area contributed by atoms with Crippen LogP contribution in [0, 0.1) is 0 Å². The molecule has 0 unspecified atom stereocenters. The molecular formula is C4H10N2O3. The molecule has 0 fully saturated rings. The van der Waals surface area contributed by atoms with Crippen LogP contribution < -0.4 is 11.3 Å². The minimum Gasteiger partial charge on any atom is -0.359 e. The Hall–Kier alpha value is -0.650. The van der Waals surface area contributed by atoms with E-state index in [2.05, 4.69) is 9.47 Å². The summed E-state index contributed by atoms with van der Waals surface area (Å²) in [6.45, 7) is 0.0394. The van der Waals surface area contributed by atoms with Crippen LogP contribution in [0.4, 0.5) is 0 Å². The van der Waals surface area contributed by atoms with Gasteiger partial charge in [-0.05, 0) is 0 Å². The maximum Gasteiger partial charge on any atom is 0.259 e. The molecule has 0 atom stereocenters. The maximum absolute atomic E-state index is 10.3. The monoisotopic (exact) mass is 134 g/mol. The summed E-state index contributed by atoms with van der Waals surface area (Å²) >= 11 is 0. The van der Waals surface area contributed by atoms with Crippen LogP contribution in [0.25, 0.3) is 0 Å². The fraction of sp³-hybridized carbons (Fsp3) is 0.750.